The van der Waals surface area contributed by atoms with Gasteiger partial charge in [0.25, 0.3) is 0 Å². The van der Waals surface area contributed by atoms with E-state index in [1.807, 2.05) is 25.2 Å². The molecule has 1 aliphatic heterocycles. The van der Waals surface area contributed by atoms with Crippen LogP contribution in [0.2, 0.25) is 5.02 Å². The Labute approximate surface area is 165 Å². The van der Waals surface area contributed by atoms with Crippen LogP contribution < -0.4 is 15.5 Å². The topological polar surface area (TPSA) is 75.1 Å². The summed E-state index contributed by atoms with van der Waals surface area (Å²) < 4.78 is 1.71. The average molecular weight is 391 g/mol. The number of carbonyl (C=O) groups is 1. The van der Waals surface area contributed by atoms with E-state index >= 15 is 0 Å². The van der Waals surface area contributed by atoms with Gasteiger partial charge < -0.3 is 10.2 Å². The third-order valence-electron chi connectivity index (χ3n) is 4.71. The molecule has 27 heavy (non-hydrogen) atoms. The fourth-order valence-electron chi connectivity index (χ4n) is 3.22. The first-order valence-electron chi connectivity index (χ1n) is 9.38. The Bertz CT molecular complexity index is 790. The molecule has 1 aliphatic rings. The molecule has 2 aromatic heterocycles. The molecule has 8 heteroatoms. The van der Waals surface area contributed by atoms with Crippen molar-refractivity contribution >= 4 is 29.3 Å². The summed E-state index contributed by atoms with van der Waals surface area (Å²) in [5, 5.41) is 11.0. The predicted octanol–water partition coefficient (Wildman–Crippen LogP) is 3.46. The van der Waals surface area contributed by atoms with Gasteiger partial charge in [-0.25, -0.2) is 9.78 Å². The maximum absolute atomic E-state index is 12.4. The lowest BCUT2D eigenvalue weighted by Crippen LogP contribution is -2.40. The van der Waals surface area contributed by atoms with Gasteiger partial charge >= 0.3 is 6.03 Å². The maximum atomic E-state index is 12.4. The molecule has 3 rings (SSSR count). The van der Waals surface area contributed by atoms with Gasteiger partial charge in [-0.2, -0.15) is 5.10 Å². The molecule has 7 nitrogen and oxygen atoms in total. The first-order valence-corrected chi connectivity index (χ1v) is 9.76. The van der Waals surface area contributed by atoms with Gasteiger partial charge in [-0.1, -0.05) is 25.4 Å². The highest BCUT2D eigenvalue weighted by Gasteiger charge is 2.26. The number of aryl methyl sites for hydroxylation is 2. The average Bonchev–Trinajstić information content (AvgIpc) is 3.20. The molecule has 0 saturated carbocycles. The lowest BCUT2D eigenvalue weighted by molar-refractivity contribution is 0.249. The Hall–Kier alpha value is -2.28. The van der Waals surface area contributed by atoms with Crippen molar-refractivity contribution in [1.82, 2.24) is 20.1 Å². The second-order valence-corrected chi connectivity index (χ2v) is 7.82. The maximum Gasteiger partial charge on any atom is 0.320 e. The summed E-state index contributed by atoms with van der Waals surface area (Å²) in [5.41, 5.74) is 0.998. The molecule has 0 unspecified atom stereocenters. The third kappa shape index (κ3) is 5.13. The molecule has 0 aromatic carbocycles. The zero-order chi connectivity index (χ0) is 19.4. The van der Waals surface area contributed by atoms with Crippen molar-refractivity contribution < 1.29 is 4.79 Å². The number of hydrogen-bond donors (Lipinski definition) is 2. The molecule has 0 bridgehead atoms. The van der Waals surface area contributed by atoms with Crippen LogP contribution in [0.15, 0.2) is 24.4 Å². The Balaban J connectivity index is 1.52. The number of carbonyl (C=O) groups excluding carboxylic acids is 1. The minimum Gasteiger partial charge on any atom is -0.353 e. The molecule has 2 amide bonds. The van der Waals surface area contributed by atoms with E-state index in [2.05, 4.69) is 39.5 Å². The van der Waals surface area contributed by atoms with Crippen LogP contribution in [0.4, 0.5) is 16.4 Å². The van der Waals surface area contributed by atoms with Crippen LogP contribution >= 0.6 is 11.6 Å². The van der Waals surface area contributed by atoms with E-state index in [9.17, 15) is 4.79 Å². The summed E-state index contributed by atoms with van der Waals surface area (Å²) in [5.74, 6) is 2.10. The van der Waals surface area contributed by atoms with Crippen molar-refractivity contribution in [2.45, 2.75) is 39.2 Å². The number of hydrogen-bond acceptors (Lipinski definition) is 4. The largest absolute Gasteiger partial charge is 0.353 e. The number of pyridine rings is 1. The minimum absolute atomic E-state index is 0.0525. The van der Waals surface area contributed by atoms with E-state index in [0.717, 1.165) is 37.3 Å². The van der Waals surface area contributed by atoms with Gasteiger partial charge in [0, 0.05) is 38.4 Å². The summed E-state index contributed by atoms with van der Waals surface area (Å²) in [6.07, 6.45) is 4.58. The molecule has 0 spiro atoms. The van der Waals surface area contributed by atoms with Crippen LogP contribution in [0.1, 0.15) is 32.4 Å². The van der Waals surface area contributed by atoms with Crippen LogP contribution in [0.5, 0.6) is 0 Å². The number of amides is 2. The molecule has 146 valence electrons. The van der Waals surface area contributed by atoms with E-state index in [0.29, 0.717) is 23.3 Å². The normalized spacial score (nSPS) is 16.8. The van der Waals surface area contributed by atoms with Crippen LogP contribution in [-0.4, -0.2) is 39.9 Å². The fourth-order valence-corrected chi connectivity index (χ4v) is 3.46. The van der Waals surface area contributed by atoms with E-state index < -0.39 is 0 Å². The number of anilines is 2. The SMILES string of the molecule is CC(C)CCc1cc(NC(=O)N[C@@H]2CCN(c3ncccc3Cl)C2)n(C)n1. The van der Waals surface area contributed by atoms with Gasteiger partial charge in [0.2, 0.25) is 0 Å². The highest BCUT2D eigenvalue weighted by atomic mass is 35.5. The number of nitrogens with zero attached hydrogens (tertiary/aromatic N) is 4. The van der Waals surface area contributed by atoms with E-state index in [1.165, 1.54) is 0 Å². The molecule has 1 saturated heterocycles. The molecule has 0 aliphatic carbocycles. The Morgan fingerprint density at radius 3 is 3.00 bits per heavy atom. The summed E-state index contributed by atoms with van der Waals surface area (Å²) in [4.78, 5) is 18.8. The van der Waals surface area contributed by atoms with E-state index in [1.54, 1.807) is 10.9 Å². The van der Waals surface area contributed by atoms with Gasteiger partial charge in [-0.15, -0.1) is 0 Å². The van der Waals surface area contributed by atoms with Gasteiger partial charge in [0.1, 0.15) is 11.6 Å². The highest BCUT2D eigenvalue weighted by molar-refractivity contribution is 6.32. The fraction of sp³-hybridized carbons (Fsp3) is 0.526. The van der Waals surface area contributed by atoms with Crippen LogP contribution in [0.3, 0.4) is 0 Å². The Morgan fingerprint density at radius 2 is 2.26 bits per heavy atom. The van der Waals surface area contributed by atoms with Crippen molar-refractivity contribution in [3.8, 4) is 0 Å². The van der Waals surface area contributed by atoms with Crippen LogP contribution in [0, 0.1) is 5.92 Å². The minimum atomic E-state index is -0.215. The molecule has 3 heterocycles. The van der Waals surface area contributed by atoms with Crippen molar-refractivity contribution in [3.05, 3.63) is 35.1 Å². The third-order valence-corrected chi connectivity index (χ3v) is 5.01. The molecular weight excluding hydrogens is 364 g/mol. The number of aromatic nitrogens is 3. The van der Waals surface area contributed by atoms with Crippen molar-refractivity contribution in [2.24, 2.45) is 13.0 Å². The summed E-state index contributed by atoms with van der Waals surface area (Å²) in [7, 11) is 1.84. The lowest BCUT2D eigenvalue weighted by atomic mass is 10.1. The first-order chi connectivity index (χ1) is 12.9. The molecule has 1 fully saturated rings. The quantitative estimate of drug-likeness (QED) is 0.792. The molecule has 2 aromatic rings. The summed E-state index contributed by atoms with van der Waals surface area (Å²) in [6, 6.07) is 5.42. The van der Waals surface area contributed by atoms with E-state index in [-0.39, 0.29) is 12.1 Å². The Kier molecular flexibility index (Phi) is 6.21. The van der Waals surface area contributed by atoms with Crippen molar-refractivity contribution in [3.63, 3.8) is 0 Å². The monoisotopic (exact) mass is 390 g/mol. The predicted molar refractivity (Wildman–Crippen MR) is 108 cm³/mol. The van der Waals surface area contributed by atoms with Crippen LogP contribution in [0.25, 0.3) is 0 Å². The number of halogens is 1. The number of urea groups is 1. The van der Waals surface area contributed by atoms with Crippen molar-refractivity contribution in [1.29, 1.82) is 0 Å². The molecule has 2 N–H and O–H groups in total. The molecule has 0 radical (unpaired) electrons. The standard InChI is InChI=1S/C19H27ClN6O/c1-13(2)6-7-14-11-17(25(3)24-14)23-19(27)22-15-8-10-26(12-15)18-16(20)5-4-9-21-18/h4-5,9,11,13,15H,6-8,10,12H2,1-3H3,(H2,22,23,27)/t15-/m1/s1. The zero-order valence-corrected chi connectivity index (χ0v) is 16.8. The molecule has 1 atom stereocenters. The molecular formula is C19H27ClN6O. The van der Waals surface area contributed by atoms with E-state index in [4.69, 9.17) is 11.6 Å². The second kappa shape index (κ2) is 8.61. The zero-order valence-electron chi connectivity index (χ0n) is 16.1. The summed E-state index contributed by atoms with van der Waals surface area (Å²) in [6.45, 7) is 5.89. The first kappa shape index (κ1) is 19.5. The van der Waals surface area contributed by atoms with Gasteiger partial charge in [-0.05, 0) is 37.3 Å². The van der Waals surface area contributed by atoms with Gasteiger partial charge in [0.15, 0.2) is 0 Å². The second-order valence-electron chi connectivity index (χ2n) is 7.42. The van der Waals surface area contributed by atoms with Gasteiger partial charge in [-0.3, -0.25) is 10.00 Å². The highest BCUT2D eigenvalue weighted by Crippen LogP contribution is 2.25. The number of rotatable bonds is 6. The summed E-state index contributed by atoms with van der Waals surface area (Å²) >= 11 is 6.22. The Morgan fingerprint density at radius 1 is 1.44 bits per heavy atom. The van der Waals surface area contributed by atoms with Crippen molar-refractivity contribution in [2.75, 3.05) is 23.3 Å². The van der Waals surface area contributed by atoms with Gasteiger partial charge in [0.05, 0.1) is 10.7 Å². The van der Waals surface area contributed by atoms with Crippen LogP contribution in [-0.2, 0) is 13.5 Å². The number of nitrogens with one attached hydrogen (secondary N) is 2. The smallest absolute Gasteiger partial charge is 0.320 e. The lowest BCUT2D eigenvalue weighted by Gasteiger charge is -2.19.